The largest absolute Gasteiger partial charge is 0.497 e. The minimum Gasteiger partial charge on any atom is -0.497 e. The quantitative estimate of drug-likeness (QED) is 0.838. The first kappa shape index (κ1) is 13.7. The number of hydrogen-bond donors (Lipinski definition) is 0. The molecule has 0 N–H and O–H groups in total. The zero-order chi connectivity index (χ0) is 15.0. The second-order valence-electron chi connectivity index (χ2n) is 5.66. The number of benzene rings is 2. The van der Waals surface area contributed by atoms with Gasteiger partial charge in [-0.15, -0.1) is 0 Å². The summed E-state index contributed by atoms with van der Waals surface area (Å²) in [6.45, 7) is 4.00. The van der Waals surface area contributed by atoms with Crippen molar-refractivity contribution >= 4 is 5.78 Å². The van der Waals surface area contributed by atoms with Gasteiger partial charge in [-0.2, -0.15) is 0 Å². The normalized spacial score (nSPS) is 20.6. The van der Waals surface area contributed by atoms with Gasteiger partial charge in [0.2, 0.25) is 0 Å². The zero-order valence-corrected chi connectivity index (χ0v) is 12.5. The van der Waals surface area contributed by atoms with E-state index in [1.165, 1.54) is 0 Å². The van der Waals surface area contributed by atoms with E-state index in [0.717, 1.165) is 11.1 Å². The maximum absolute atomic E-state index is 12.4. The van der Waals surface area contributed by atoms with Crippen molar-refractivity contribution in [1.82, 2.24) is 0 Å². The topological polar surface area (TPSA) is 35.5 Å². The molecule has 3 heteroatoms. The lowest BCUT2D eigenvalue weighted by Crippen LogP contribution is -2.36. The number of methoxy groups -OCH3 is 1. The Bertz CT molecular complexity index is 705. The van der Waals surface area contributed by atoms with Crippen molar-refractivity contribution in [3.05, 3.63) is 59.2 Å². The maximum Gasteiger partial charge on any atom is 0.170 e. The van der Waals surface area contributed by atoms with Crippen LogP contribution >= 0.6 is 0 Å². The first-order chi connectivity index (χ1) is 10.0. The standard InChI is InChI=1S/C18H18O3/c1-12-5-4-6-13(9-12)18(2)11-16(19)15-8-7-14(20-3)10-17(15)21-18/h4-10H,11H2,1-3H3. The smallest absolute Gasteiger partial charge is 0.170 e. The molecule has 3 rings (SSSR count). The van der Waals surface area contributed by atoms with Crippen molar-refractivity contribution in [2.24, 2.45) is 0 Å². The van der Waals surface area contributed by atoms with Crippen molar-refractivity contribution in [3.63, 3.8) is 0 Å². The molecule has 0 bridgehead atoms. The Morgan fingerprint density at radius 3 is 2.71 bits per heavy atom. The summed E-state index contributed by atoms with van der Waals surface area (Å²) in [7, 11) is 1.60. The van der Waals surface area contributed by atoms with Crippen LogP contribution in [0.25, 0.3) is 0 Å². The van der Waals surface area contributed by atoms with Crippen molar-refractivity contribution in [1.29, 1.82) is 0 Å². The van der Waals surface area contributed by atoms with Crippen LogP contribution in [0.2, 0.25) is 0 Å². The molecule has 0 fully saturated rings. The van der Waals surface area contributed by atoms with Crippen LogP contribution in [0.5, 0.6) is 11.5 Å². The predicted octanol–water partition coefficient (Wildman–Crippen LogP) is 3.88. The minimum absolute atomic E-state index is 0.0999. The van der Waals surface area contributed by atoms with Gasteiger partial charge in [0.15, 0.2) is 5.78 Å². The van der Waals surface area contributed by atoms with Crippen LogP contribution in [0.1, 0.15) is 34.8 Å². The first-order valence-electron chi connectivity index (χ1n) is 6.99. The molecule has 0 aromatic heterocycles. The van der Waals surface area contributed by atoms with Gasteiger partial charge < -0.3 is 9.47 Å². The van der Waals surface area contributed by atoms with E-state index in [0.29, 0.717) is 23.5 Å². The third-order valence-electron chi connectivity index (χ3n) is 3.95. The lowest BCUT2D eigenvalue weighted by Gasteiger charge is -2.35. The van der Waals surface area contributed by atoms with Crippen LogP contribution in [0.15, 0.2) is 42.5 Å². The molecule has 0 aliphatic carbocycles. The monoisotopic (exact) mass is 282 g/mol. The highest BCUT2D eigenvalue weighted by atomic mass is 16.5. The van der Waals surface area contributed by atoms with Crippen molar-refractivity contribution in [2.45, 2.75) is 25.9 Å². The second kappa shape index (κ2) is 4.92. The molecule has 0 spiro atoms. The molecule has 0 radical (unpaired) electrons. The van der Waals surface area contributed by atoms with E-state index in [1.807, 2.05) is 32.0 Å². The van der Waals surface area contributed by atoms with Gasteiger partial charge in [0.1, 0.15) is 17.1 Å². The molecule has 1 unspecified atom stereocenters. The average molecular weight is 282 g/mol. The molecule has 2 aromatic carbocycles. The Labute approximate surface area is 124 Å². The van der Waals surface area contributed by atoms with Crippen molar-refractivity contribution in [2.75, 3.05) is 7.11 Å². The minimum atomic E-state index is -0.636. The van der Waals surface area contributed by atoms with Gasteiger partial charge in [-0.1, -0.05) is 29.8 Å². The van der Waals surface area contributed by atoms with E-state index in [1.54, 1.807) is 25.3 Å². The molecule has 1 heterocycles. The van der Waals surface area contributed by atoms with Crippen LogP contribution in [0.4, 0.5) is 0 Å². The summed E-state index contributed by atoms with van der Waals surface area (Å²) < 4.78 is 11.4. The SMILES string of the molecule is COc1ccc2c(c1)OC(C)(c1cccc(C)c1)CC2=O. The lowest BCUT2D eigenvalue weighted by atomic mass is 9.85. The maximum atomic E-state index is 12.4. The van der Waals surface area contributed by atoms with Gasteiger partial charge in [-0.25, -0.2) is 0 Å². The number of carbonyl (C=O) groups is 1. The first-order valence-corrected chi connectivity index (χ1v) is 6.99. The fourth-order valence-corrected chi connectivity index (χ4v) is 2.76. The number of hydrogen-bond acceptors (Lipinski definition) is 3. The summed E-state index contributed by atoms with van der Waals surface area (Å²) >= 11 is 0. The molecule has 1 atom stereocenters. The fourth-order valence-electron chi connectivity index (χ4n) is 2.76. The molecule has 3 nitrogen and oxygen atoms in total. The van der Waals surface area contributed by atoms with Gasteiger partial charge in [0.05, 0.1) is 19.1 Å². The lowest BCUT2D eigenvalue weighted by molar-refractivity contribution is 0.0501. The number of fused-ring (bicyclic) bond motifs is 1. The zero-order valence-electron chi connectivity index (χ0n) is 12.5. The number of aryl methyl sites for hydroxylation is 1. The van der Waals surface area contributed by atoms with Crippen LogP contribution in [0.3, 0.4) is 0 Å². The molecular weight excluding hydrogens is 264 g/mol. The molecule has 21 heavy (non-hydrogen) atoms. The average Bonchev–Trinajstić information content (AvgIpc) is 2.46. The summed E-state index contributed by atoms with van der Waals surface area (Å²) in [5.74, 6) is 1.38. The van der Waals surface area contributed by atoms with E-state index in [9.17, 15) is 4.79 Å². The highest BCUT2D eigenvalue weighted by Gasteiger charge is 2.38. The van der Waals surface area contributed by atoms with E-state index in [4.69, 9.17) is 9.47 Å². The van der Waals surface area contributed by atoms with Gasteiger partial charge in [0.25, 0.3) is 0 Å². The molecule has 0 saturated carbocycles. The number of Topliss-reactive ketones (excluding diaryl/α,β-unsaturated/α-hetero) is 1. The van der Waals surface area contributed by atoms with Gasteiger partial charge in [-0.05, 0) is 31.5 Å². The van der Waals surface area contributed by atoms with E-state index >= 15 is 0 Å². The van der Waals surface area contributed by atoms with E-state index in [-0.39, 0.29) is 5.78 Å². The molecule has 108 valence electrons. The van der Waals surface area contributed by atoms with Gasteiger partial charge >= 0.3 is 0 Å². The van der Waals surface area contributed by atoms with Crippen LogP contribution < -0.4 is 9.47 Å². The second-order valence-corrected chi connectivity index (χ2v) is 5.66. The predicted molar refractivity (Wildman–Crippen MR) is 81.1 cm³/mol. The Morgan fingerprint density at radius 1 is 1.19 bits per heavy atom. The molecule has 1 aliphatic heterocycles. The fraction of sp³-hybridized carbons (Fsp3) is 0.278. The third-order valence-corrected chi connectivity index (χ3v) is 3.95. The van der Waals surface area contributed by atoms with Crippen LogP contribution in [0, 0.1) is 6.92 Å². The summed E-state index contributed by atoms with van der Waals surface area (Å²) in [5.41, 5.74) is 2.16. The summed E-state index contributed by atoms with van der Waals surface area (Å²) in [6, 6.07) is 13.4. The number of ether oxygens (including phenoxy) is 2. The van der Waals surface area contributed by atoms with Crippen molar-refractivity contribution in [3.8, 4) is 11.5 Å². The Morgan fingerprint density at radius 2 is 2.00 bits per heavy atom. The molecule has 0 amide bonds. The number of rotatable bonds is 2. The van der Waals surface area contributed by atoms with Gasteiger partial charge in [0, 0.05) is 6.07 Å². The Kier molecular flexibility index (Phi) is 3.20. The molecule has 1 aliphatic rings. The van der Waals surface area contributed by atoms with Crippen LogP contribution in [-0.4, -0.2) is 12.9 Å². The number of carbonyl (C=O) groups excluding carboxylic acids is 1. The molecule has 2 aromatic rings. The summed E-state index contributed by atoms with van der Waals surface area (Å²) in [5, 5.41) is 0. The Hall–Kier alpha value is -2.29. The van der Waals surface area contributed by atoms with E-state index in [2.05, 4.69) is 6.07 Å². The third kappa shape index (κ3) is 2.40. The van der Waals surface area contributed by atoms with Crippen LogP contribution in [-0.2, 0) is 5.60 Å². The Balaban J connectivity index is 2.05. The highest BCUT2D eigenvalue weighted by molar-refractivity contribution is 6.00. The number of ketones is 1. The highest BCUT2D eigenvalue weighted by Crippen LogP contribution is 2.40. The molecular formula is C18H18O3. The van der Waals surface area contributed by atoms with Crippen molar-refractivity contribution < 1.29 is 14.3 Å². The van der Waals surface area contributed by atoms with Gasteiger partial charge in [-0.3, -0.25) is 4.79 Å². The summed E-state index contributed by atoms with van der Waals surface area (Å²) in [6.07, 6.45) is 0.343. The van der Waals surface area contributed by atoms with E-state index < -0.39 is 5.60 Å². The molecule has 0 saturated heterocycles. The summed E-state index contributed by atoms with van der Waals surface area (Å²) in [4.78, 5) is 12.4.